The van der Waals surface area contributed by atoms with Gasteiger partial charge in [-0.3, -0.25) is 4.90 Å². The van der Waals surface area contributed by atoms with E-state index >= 15 is 0 Å². The minimum Gasteiger partial charge on any atom is -0.293 e. The van der Waals surface area contributed by atoms with Gasteiger partial charge in [0, 0.05) is 11.7 Å². The average Bonchev–Trinajstić information content (AvgIpc) is 2.63. The summed E-state index contributed by atoms with van der Waals surface area (Å²) < 4.78 is 0. The van der Waals surface area contributed by atoms with Gasteiger partial charge in [0.25, 0.3) is 0 Å². The first-order valence-corrected chi connectivity index (χ1v) is 6.31. The van der Waals surface area contributed by atoms with Gasteiger partial charge in [-0.25, -0.2) is 9.97 Å². The Bertz CT molecular complexity index is 347. The number of hydrogen-bond donors (Lipinski definition) is 0. The highest BCUT2D eigenvalue weighted by Gasteiger charge is 2.23. The van der Waals surface area contributed by atoms with E-state index < -0.39 is 0 Å². The standard InChI is InChI=1S/C12H18ClN3/c1-3-10-5-4-6-16(10)8-12-14-9(2)7-11(13)15-12/h7,10H,3-6,8H2,1-2H3. The molecule has 1 aromatic rings. The molecule has 1 aromatic heterocycles. The first-order chi connectivity index (χ1) is 7.69. The van der Waals surface area contributed by atoms with Gasteiger partial charge in [-0.1, -0.05) is 18.5 Å². The molecular weight excluding hydrogens is 222 g/mol. The Morgan fingerprint density at radius 3 is 3.00 bits per heavy atom. The Morgan fingerprint density at radius 1 is 1.50 bits per heavy atom. The number of rotatable bonds is 3. The van der Waals surface area contributed by atoms with E-state index in [0.29, 0.717) is 11.2 Å². The molecule has 0 aliphatic carbocycles. The molecule has 88 valence electrons. The monoisotopic (exact) mass is 239 g/mol. The lowest BCUT2D eigenvalue weighted by atomic mass is 10.2. The lowest BCUT2D eigenvalue weighted by Crippen LogP contribution is -2.29. The zero-order valence-corrected chi connectivity index (χ0v) is 10.7. The molecule has 1 atom stereocenters. The van der Waals surface area contributed by atoms with Crippen molar-refractivity contribution in [2.75, 3.05) is 6.54 Å². The van der Waals surface area contributed by atoms with Crippen molar-refractivity contribution in [3.05, 3.63) is 22.7 Å². The lowest BCUT2D eigenvalue weighted by Gasteiger charge is -2.22. The smallest absolute Gasteiger partial charge is 0.144 e. The van der Waals surface area contributed by atoms with Crippen LogP contribution in [0.25, 0.3) is 0 Å². The summed E-state index contributed by atoms with van der Waals surface area (Å²) in [6.45, 7) is 6.19. The predicted octanol–water partition coefficient (Wildman–Crippen LogP) is 2.81. The Balaban J connectivity index is 2.08. The molecular formula is C12H18ClN3. The van der Waals surface area contributed by atoms with Crippen LogP contribution in [-0.2, 0) is 6.54 Å². The number of aryl methyl sites for hydroxylation is 1. The zero-order valence-electron chi connectivity index (χ0n) is 9.91. The SMILES string of the molecule is CCC1CCCN1Cc1nc(C)cc(Cl)n1. The molecule has 0 spiro atoms. The van der Waals surface area contributed by atoms with E-state index in [4.69, 9.17) is 11.6 Å². The maximum Gasteiger partial charge on any atom is 0.144 e. The van der Waals surface area contributed by atoms with Gasteiger partial charge in [0.1, 0.15) is 11.0 Å². The molecule has 0 amide bonds. The highest BCUT2D eigenvalue weighted by Crippen LogP contribution is 2.21. The number of aromatic nitrogens is 2. The predicted molar refractivity (Wildman–Crippen MR) is 65.5 cm³/mol. The van der Waals surface area contributed by atoms with E-state index in [1.165, 1.54) is 19.3 Å². The van der Waals surface area contributed by atoms with Gasteiger partial charge in [0.15, 0.2) is 0 Å². The summed E-state index contributed by atoms with van der Waals surface area (Å²) in [5.74, 6) is 0.852. The topological polar surface area (TPSA) is 29.0 Å². The Labute approximate surface area is 102 Å². The normalized spacial score (nSPS) is 21.6. The van der Waals surface area contributed by atoms with Gasteiger partial charge in [-0.15, -0.1) is 0 Å². The molecule has 2 heterocycles. The Morgan fingerprint density at radius 2 is 2.31 bits per heavy atom. The molecule has 16 heavy (non-hydrogen) atoms. The molecule has 0 saturated carbocycles. The fourth-order valence-corrected chi connectivity index (χ4v) is 2.66. The van der Waals surface area contributed by atoms with Crippen molar-refractivity contribution >= 4 is 11.6 Å². The third-order valence-corrected chi connectivity index (χ3v) is 3.38. The van der Waals surface area contributed by atoms with Crippen LogP contribution in [0.1, 0.15) is 37.7 Å². The molecule has 1 aliphatic heterocycles. The van der Waals surface area contributed by atoms with E-state index in [9.17, 15) is 0 Å². The Kier molecular flexibility index (Phi) is 3.77. The minimum absolute atomic E-state index is 0.551. The van der Waals surface area contributed by atoms with E-state index in [-0.39, 0.29) is 0 Å². The van der Waals surface area contributed by atoms with Gasteiger partial charge in [-0.2, -0.15) is 0 Å². The summed E-state index contributed by atoms with van der Waals surface area (Å²) in [6.07, 6.45) is 3.80. The first-order valence-electron chi connectivity index (χ1n) is 5.93. The van der Waals surface area contributed by atoms with Crippen molar-refractivity contribution in [2.24, 2.45) is 0 Å². The Hall–Kier alpha value is -0.670. The number of hydrogen-bond acceptors (Lipinski definition) is 3. The lowest BCUT2D eigenvalue weighted by molar-refractivity contribution is 0.234. The first kappa shape index (κ1) is 11.8. The van der Waals surface area contributed by atoms with Gasteiger partial charge in [0.05, 0.1) is 6.54 Å². The van der Waals surface area contributed by atoms with Crippen LogP contribution in [0.15, 0.2) is 6.07 Å². The summed E-state index contributed by atoms with van der Waals surface area (Å²) >= 11 is 5.94. The summed E-state index contributed by atoms with van der Waals surface area (Å²) in [6, 6.07) is 2.50. The van der Waals surface area contributed by atoms with Crippen molar-refractivity contribution in [3.63, 3.8) is 0 Å². The van der Waals surface area contributed by atoms with E-state index in [1.807, 2.05) is 6.92 Å². The molecule has 0 aromatic carbocycles. The van der Waals surface area contributed by atoms with Crippen LogP contribution in [0.2, 0.25) is 5.15 Å². The van der Waals surface area contributed by atoms with Gasteiger partial charge in [-0.05, 0) is 38.8 Å². The van der Waals surface area contributed by atoms with Crippen molar-refractivity contribution in [2.45, 2.75) is 45.7 Å². The van der Waals surface area contributed by atoms with E-state index in [1.54, 1.807) is 6.07 Å². The average molecular weight is 240 g/mol. The molecule has 0 N–H and O–H groups in total. The molecule has 1 unspecified atom stereocenters. The second kappa shape index (κ2) is 5.11. The summed E-state index contributed by atoms with van der Waals surface area (Å²) in [4.78, 5) is 11.2. The maximum absolute atomic E-state index is 5.94. The van der Waals surface area contributed by atoms with Crippen LogP contribution in [-0.4, -0.2) is 27.5 Å². The van der Waals surface area contributed by atoms with E-state index in [0.717, 1.165) is 24.6 Å². The van der Waals surface area contributed by atoms with Crippen molar-refractivity contribution < 1.29 is 0 Å². The molecule has 4 heteroatoms. The molecule has 3 nitrogen and oxygen atoms in total. The second-order valence-electron chi connectivity index (χ2n) is 4.42. The quantitative estimate of drug-likeness (QED) is 0.760. The van der Waals surface area contributed by atoms with Crippen molar-refractivity contribution in [3.8, 4) is 0 Å². The van der Waals surface area contributed by atoms with Gasteiger partial charge < -0.3 is 0 Å². The molecule has 1 saturated heterocycles. The van der Waals surface area contributed by atoms with Crippen LogP contribution >= 0.6 is 11.6 Å². The molecule has 0 radical (unpaired) electrons. The third-order valence-electron chi connectivity index (χ3n) is 3.18. The van der Waals surface area contributed by atoms with Crippen LogP contribution in [0.4, 0.5) is 0 Å². The van der Waals surface area contributed by atoms with Crippen molar-refractivity contribution in [1.29, 1.82) is 0 Å². The number of likely N-dealkylation sites (tertiary alicyclic amines) is 1. The largest absolute Gasteiger partial charge is 0.293 e. The van der Waals surface area contributed by atoms with Gasteiger partial charge >= 0.3 is 0 Å². The van der Waals surface area contributed by atoms with Crippen molar-refractivity contribution in [1.82, 2.24) is 14.9 Å². The molecule has 0 bridgehead atoms. The van der Waals surface area contributed by atoms with Crippen LogP contribution in [0.3, 0.4) is 0 Å². The molecule has 1 fully saturated rings. The number of nitrogens with zero attached hydrogens (tertiary/aromatic N) is 3. The zero-order chi connectivity index (χ0) is 11.5. The maximum atomic E-state index is 5.94. The fourth-order valence-electron chi connectivity index (χ4n) is 2.41. The summed E-state index contributed by atoms with van der Waals surface area (Å²) in [5.41, 5.74) is 0.947. The van der Waals surface area contributed by atoms with Gasteiger partial charge in [0.2, 0.25) is 0 Å². The molecule has 1 aliphatic rings. The highest BCUT2D eigenvalue weighted by atomic mass is 35.5. The molecule has 2 rings (SSSR count). The van der Waals surface area contributed by atoms with Crippen LogP contribution < -0.4 is 0 Å². The van der Waals surface area contributed by atoms with E-state index in [2.05, 4.69) is 21.8 Å². The van der Waals surface area contributed by atoms with Crippen LogP contribution in [0, 0.1) is 6.92 Å². The highest BCUT2D eigenvalue weighted by molar-refractivity contribution is 6.29. The summed E-state index contributed by atoms with van der Waals surface area (Å²) in [7, 11) is 0. The minimum atomic E-state index is 0.551. The number of halogens is 1. The third kappa shape index (κ3) is 2.71. The van der Waals surface area contributed by atoms with Crippen LogP contribution in [0.5, 0.6) is 0 Å². The summed E-state index contributed by atoms with van der Waals surface area (Å²) in [5, 5.41) is 0.551. The fraction of sp³-hybridized carbons (Fsp3) is 0.667. The second-order valence-corrected chi connectivity index (χ2v) is 4.81.